The molecule has 0 saturated carbocycles. The normalized spacial score (nSPS) is 15.3. The molecule has 0 bridgehead atoms. The quantitative estimate of drug-likeness (QED) is 0.568. The van der Waals surface area contributed by atoms with Gasteiger partial charge in [0, 0.05) is 25.5 Å². The Morgan fingerprint density at radius 2 is 2.00 bits per heavy atom. The summed E-state index contributed by atoms with van der Waals surface area (Å²) in [6, 6.07) is 9.82. The molecule has 1 fully saturated rings. The Labute approximate surface area is 160 Å². The molecule has 8 heteroatoms. The van der Waals surface area contributed by atoms with Gasteiger partial charge < -0.3 is 20.2 Å². The van der Waals surface area contributed by atoms with Gasteiger partial charge in [-0.15, -0.1) is 0 Å². The number of amides is 1. The molecule has 1 aliphatic heterocycles. The number of carbonyl (C=O) groups excluding carboxylic acids is 1. The number of nitrogens with two attached hydrogens (primary N) is 1. The molecule has 142 valence electrons. The summed E-state index contributed by atoms with van der Waals surface area (Å²) in [5.74, 6) is -0.128. The summed E-state index contributed by atoms with van der Waals surface area (Å²) in [6.07, 6.45) is 5.17. The highest BCUT2D eigenvalue weighted by molar-refractivity contribution is 5.93. The number of nitrogens with zero attached hydrogens (tertiary/aromatic N) is 3. The van der Waals surface area contributed by atoms with Crippen molar-refractivity contribution < 1.29 is 13.9 Å². The summed E-state index contributed by atoms with van der Waals surface area (Å²) in [5.41, 5.74) is 10.1. The van der Waals surface area contributed by atoms with Gasteiger partial charge in [-0.25, -0.2) is 4.98 Å². The molecule has 1 aliphatic rings. The van der Waals surface area contributed by atoms with Crippen molar-refractivity contribution in [2.75, 3.05) is 18.9 Å². The molecular weight excluding hydrogens is 358 g/mol. The Bertz CT molecular complexity index is 1170. The van der Waals surface area contributed by atoms with Gasteiger partial charge in [-0.3, -0.25) is 9.20 Å². The number of nitrogen functional groups attached to an aromatic ring is 1. The summed E-state index contributed by atoms with van der Waals surface area (Å²) >= 11 is 0. The molecule has 4 aromatic rings. The first kappa shape index (κ1) is 16.8. The predicted octanol–water partition coefficient (Wildman–Crippen LogP) is 2.63. The van der Waals surface area contributed by atoms with Crippen LogP contribution in [0.1, 0.15) is 23.3 Å². The molecule has 28 heavy (non-hydrogen) atoms. The van der Waals surface area contributed by atoms with Crippen LogP contribution in [0.2, 0.25) is 0 Å². The van der Waals surface area contributed by atoms with Gasteiger partial charge >= 0.3 is 0 Å². The Morgan fingerprint density at radius 1 is 1.18 bits per heavy atom. The van der Waals surface area contributed by atoms with E-state index in [4.69, 9.17) is 14.9 Å². The fourth-order valence-corrected chi connectivity index (χ4v) is 3.55. The van der Waals surface area contributed by atoms with Crippen LogP contribution in [0.4, 0.5) is 6.01 Å². The molecule has 0 spiro atoms. The van der Waals surface area contributed by atoms with Gasteiger partial charge in [0.25, 0.3) is 11.9 Å². The number of hydrogen-bond donors (Lipinski definition) is 2. The lowest BCUT2D eigenvalue weighted by atomic mass is 10.1. The van der Waals surface area contributed by atoms with Gasteiger partial charge in [-0.05, 0) is 48.2 Å². The van der Waals surface area contributed by atoms with Gasteiger partial charge in [-0.2, -0.15) is 4.98 Å². The van der Waals surface area contributed by atoms with E-state index in [2.05, 4.69) is 15.3 Å². The average Bonchev–Trinajstić information content (AvgIpc) is 3.29. The highest BCUT2D eigenvalue weighted by Crippen LogP contribution is 2.26. The van der Waals surface area contributed by atoms with Crippen LogP contribution in [0, 0.1) is 0 Å². The zero-order valence-electron chi connectivity index (χ0n) is 15.1. The summed E-state index contributed by atoms with van der Waals surface area (Å²) in [5, 5.41) is 3.08. The fraction of sp³-hybridized carbons (Fsp3) is 0.250. The molecule has 0 atom stereocenters. The predicted molar refractivity (Wildman–Crippen MR) is 104 cm³/mol. The SMILES string of the molecule is Nc1nc2cc(-c3ccc4ncc(C(=O)NC5CCOCC5)n4c3)ccc2o1. The van der Waals surface area contributed by atoms with E-state index in [1.165, 1.54) is 0 Å². The van der Waals surface area contributed by atoms with Gasteiger partial charge in [0.15, 0.2) is 5.58 Å². The molecule has 4 heterocycles. The van der Waals surface area contributed by atoms with Crippen molar-refractivity contribution >= 4 is 28.7 Å². The Kier molecular flexibility index (Phi) is 3.98. The number of aromatic nitrogens is 3. The van der Waals surface area contributed by atoms with E-state index >= 15 is 0 Å². The zero-order valence-corrected chi connectivity index (χ0v) is 15.1. The highest BCUT2D eigenvalue weighted by atomic mass is 16.5. The van der Waals surface area contributed by atoms with Crippen molar-refractivity contribution in [2.24, 2.45) is 0 Å². The Morgan fingerprint density at radius 3 is 2.86 bits per heavy atom. The van der Waals surface area contributed by atoms with Crippen LogP contribution in [0.15, 0.2) is 47.1 Å². The average molecular weight is 377 g/mol. The highest BCUT2D eigenvalue weighted by Gasteiger charge is 2.19. The minimum atomic E-state index is -0.128. The van der Waals surface area contributed by atoms with E-state index < -0.39 is 0 Å². The molecule has 1 saturated heterocycles. The summed E-state index contributed by atoms with van der Waals surface area (Å²) in [4.78, 5) is 21.3. The van der Waals surface area contributed by atoms with E-state index in [-0.39, 0.29) is 18.0 Å². The van der Waals surface area contributed by atoms with Crippen LogP contribution in [0.3, 0.4) is 0 Å². The lowest BCUT2D eigenvalue weighted by molar-refractivity contribution is 0.0694. The standard InChI is InChI=1S/C20H19N5O3/c21-20-24-15-9-12(1-3-17(15)28-20)13-2-4-18-22-10-16(25(18)11-13)19(26)23-14-5-7-27-8-6-14/h1-4,9-11,14H,5-8H2,(H2,21,24)(H,23,26). The third-order valence-electron chi connectivity index (χ3n) is 5.03. The topological polar surface area (TPSA) is 108 Å². The number of nitrogens with one attached hydrogen (secondary N) is 1. The van der Waals surface area contributed by atoms with Crippen molar-refractivity contribution in [2.45, 2.75) is 18.9 Å². The third kappa shape index (κ3) is 2.97. The zero-order chi connectivity index (χ0) is 19.1. The lowest BCUT2D eigenvalue weighted by Gasteiger charge is -2.22. The molecule has 0 radical (unpaired) electrons. The van der Waals surface area contributed by atoms with Crippen molar-refractivity contribution in [3.8, 4) is 11.1 Å². The Hall–Kier alpha value is -3.39. The Balaban J connectivity index is 1.49. The monoisotopic (exact) mass is 377 g/mol. The smallest absolute Gasteiger partial charge is 0.292 e. The molecule has 1 amide bonds. The first-order chi connectivity index (χ1) is 13.7. The van der Waals surface area contributed by atoms with Crippen molar-refractivity contribution in [1.82, 2.24) is 19.7 Å². The second-order valence-corrected chi connectivity index (χ2v) is 6.88. The largest absolute Gasteiger partial charge is 0.424 e. The molecule has 8 nitrogen and oxygen atoms in total. The maximum absolute atomic E-state index is 12.8. The van der Waals surface area contributed by atoms with Crippen molar-refractivity contribution in [1.29, 1.82) is 0 Å². The number of ether oxygens (including phenoxy) is 1. The summed E-state index contributed by atoms with van der Waals surface area (Å²) < 4.78 is 12.5. The van der Waals surface area contributed by atoms with Crippen LogP contribution in [-0.4, -0.2) is 39.5 Å². The fourth-order valence-electron chi connectivity index (χ4n) is 3.55. The number of anilines is 1. The minimum Gasteiger partial charge on any atom is -0.424 e. The van der Waals surface area contributed by atoms with Gasteiger partial charge in [0.2, 0.25) is 0 Å². The second-order valence-electron chi connectivity index (χ2n) is 6.88. The number of hydrogen-bond acceptors (Lipinski definition) is 6. The molecular formula is C20H19N5O3. The van der Waals surface area contributed by atoms with Crippen molar-refractivity contribution in [3.05, 3.63) is 48.4 Å². The molecule has 0 aliphatic carbocycles. The maximum atomic E-state index is 12.8. The number of fused-ring (bicyclic) bond motifs is 2. The molecule has 1 aromatic carbocycles. The number of imidazole rings is 1. The lowest BCUT2D eigenvalue weighted by Crippen LogP contribution is -2.39. The summed E-state index contributed by atoms with van der Waals surface area (Å²) in [7, 11) is 0. The first-order valence-corrected chi connectivity index (χ1v) is 9.19. The van der Waals surface area contributed by atoms with Crippen LogP contribution in [0.25, 0.3) is 27.9 Å². The van der Waals surface area contributed by atoms with Crippen LogP contribution in [-0.2, 0) is 4.74 Å². The van der Waals surface area contributed by atoms with E-state index in [1.54, 1.807) is 6.20 Å². The number of carbonyl (C=O) groups is 1. The van der Waals surface area contributed by atoms with Gasteiger partial charge in [0.05, 0.1) is 6.20 Å². The van der Waals surface area contributed by atoms with Crippen LogP contribution in [0.5, 0.6) is 0 Å². The van der Waals surface area contributed by atoms with Gasteiger partial charge in [0.1, 0.15) is 16.9 Å². The number of rotatable bonds is 3. The molecule has 3 aromatic heterocycles. The van der Waals surface area contributed by atoms with E-state index in [9.17, 15) is 4.79 Å². The first-order valence-electron chi connectivity index (χ1n) is 9.19. The number of benzene rings is 1. The number of oxazole rings is 1. The van der Waals surface area contributed by atoms with Crippen LogP contribution < -0.4 is 11.1 Å². The van der Waals surface area contributed by atoms with E-state index in [0.717, 1.165) is 24.0 Å². The summed E-state index contributed by atoms with van der Waals surface area (Å²) in [6.45, 7) is 1.36. The third-order valence-corrected chi connectivity index (χ3v) is 5.03. The molecule has 0 unspecified atom stereocenters. The number of pyridine rings is 1. The van der Waals surface area contributed by atoms with E-state index in [0.29, 0.717) is 35.7 Å². The van der Waals surface area contributed by atoms with Crippen molar-refractivity contribution in [3.63, 3.8) is 0 Å². The van der Waals surface area contributed by atoms with E-state index in [1.807, 2.05) is 40.9 Å². The van der Waals surface area contributed by atoms with Gasteiger partial charge in [-0.1, -0.05) is 6.07 Å². The molecule has 3 N–H and O–H groups in total. The second kappa shape index (κ2) is 6.65. The minimum absolute atomic E-state index is 0.128. The van der Waals surface area contributed by atoms with Crippen LogP contribution >= 0.6 is 0 Å². The molecule has 5 rings (SSSR count). The maximum Gasteiger partial charge on any atom is 0.292 e.